The van der Waals surface area contributed by atoms with Crippen molar-refractivity contribution < 1.29 is 20.1 Å². The summed E-state index contributed by atoms with van der Waals surface area (Å²) < 4.78 is 0. The molecule has 17 heavy (non-hydrogen) atoms. The number of aliphatic carboxylic acids is 1. The second-order valence-electron chi connectivity index (χ2n) is 4.12. The number of phenolic OH excluding ortho intramolecular Hbond substituents is 1. The lowest BCUT2D eigenvalue weighted by Crippen LogP contribution is -2.39. The van der Waals surface area contributed by atoms with Crippen molar-refractivity contribution in [2.24, 2.45) is 5.92 Å². The lowest BCUT2D eigenvalue weighted by atomic mass is 9.78. The van der Waals surface area contributed by atoms with E-state index in [1.807, 2.05) is 0 Å². The van der Waals surface area contributed by atoms with E-state index in [-0.39, 0.29) is 5.75 Å². The molecule has 0 aliphatic heterocycles. The monoisotopic (exact) mass is 238 g/mol. The van der Waals surface area contributed by atoms with Crippen LogP contribution in [0.4, 0.5) is 0 Å². The van der Waals surface area contributed by atoms with E-state index in [0.717, 1.165) is 0 Å². The first-order valence-corrected chi connectivity index (χ1v) is 5.70. The highest BCUT2D eigenvalue weighted by Gasteiger charge is 2.40. The van der Waals surface area contributed by atoms with Crippen LogP contribution in [-0.2, 0) is 10.4 Å². The Hall–Kier alpha value is -1.55. The van der Waals surface area contributed by atoms with E-state index in [1.54, 1.807) is 26.0 Å². The number of benzene rings is 1. The van der Waals surface area contributed by atoms with Gasteiger partial charge in [0, 0.05) is 0 Å². The number of carboxylic acids is 1. The van der Waals surface area contributed by atoms with Crippen molar-refractivity contribution in [2.75, 3.05) is 0 Å². The van der Waals surface area contributed by atoms with E-state index in [4.69, 9.17) is 5.11 Å². The standard InChI is InChI=1S/C13H18O4/c1-3-11(12(15)16)13(17,4-2)9-5-7-10(14)8-6-9/h5-8,11,14,17H,3-4H2,1-2H3,(H,15,16). The van der Waals surface area contributed by atoms with Crippen LogP contribution >= 0.6 is 0 Å². The fraction of sp³-hybridized carbons (Fsp3) is 0.462. The Morgan fingerprint density at radius 2 is 1.82 bits per heavy atom. The van der Waals surface area contributed by atoms with Crippen molar-refractivity contribution in [1.29, 1.82) is 0 Å². The quantitative estimate of drug-likeness (QED) is 0.734. The van der Waals surface area contributed by atoms with Gasteiger partial charge in [-0.15, -0.1) is 0 Å². The lowest BCUT2D eigenvalue weighted by molar-refractivity contribution is -0.153. The molecule has 0 saturated heterocycles. The van der Waals surface area contributed by atoms with Crippen LogP contribution in [0.2, 0.25) is 0 Å². The number of carbonyl (C=O) groups is 1. The van der Waals surface area contributed by atoms with Crippen LogP contribution < -0.4 is 0 Å². The average Bonchev–Trinajstić information content (AvgIpc) is 2.29. The summed E-state index contributed by atoms with van der Waals surface area (Å²) in [4.78, 5) is 11.2. The Bertz CT molecular complexity index is 385. The highest BCUT2D eigenvalue weighted by Crippen LogP contribution is 2.35. The van der Waals surface area contributed by atoms with Crippen LogP contribution in [0, 0.1) is 5.92 Å². The minimum Gasteiger partial charge on any atom is -0.508 e. The molecule has 1 rings (SSSR count). The van der Waals surface area contributed by atoms with Crippen LogP contribution in [0.15, 0.2) is 24.3 Å². The van der Waals surface area contributed by atoms with Gasteiger partial charge >= 0.3 is 5.97 Å². The number of hydrogen-bond donors (Lipinski definition) is 3. The molecule has 0 spiro atoms. The zero-order chi connectivity index (χ0) is 13.1. The first-order valence-electron chi connectivity index (χ1n) is 5.70. The van der Waals surface area contributed by atoms with Crippen molar-refractivity contribution in [1.82, 2.24) is 0 Å². The Labute approximate surface area is 101 Å². The minimum atomic E-state index is -1.39. The Morgan fingerprint density at radius 1 is 1.29 bits per heavy atom. The van der Waals surface area contributed by atoms with E-state index >= 15 is 0 Å². The first kappa shape index (κ1) is 13.5. The summed E-state index contributed by atoms with van der Waals surface area (Å²) in [6.45, 7) is 3.48. The molecule has 2 unspecified atom stereocenters. The van der Waals surface area contributed by atoms with Crippen molar-refractivity contribution in [3.05, 3.63) is 29.8 Å². The van der Waals surface area contributed by atoms with E-state index in [9.17, 15) is 15.0 Å². The number of carboxylic acid groups (broad SMARTS) is 1. The fourth-order valence-corrected chi connectivity index (χ4v) is 2.12. The summed E-state index contributed by atoms with van der Waals surface area (Å²) in [5, 5.41) is 28.9. The Morgan fingerprint density at radius 3 is 2.18 bits per heavy atom. The second-order valence-corrected chi connectivity index (χ2v) is 4.12. The van der Waals surface area contributed by atoms with E-state index in [2.05, 4.69) is 0 Å². The molecule has 0 aliphatic carbocycles. The number of rotatable bonds is 5. The van der Waals surface area contributed by atoms with Gasteiger partial charge in [-0.1, -0.05) is 26.0 Å². The maximum absolute atomic E-state index is 11.2. The zero-order valence-corrected chi connectivity index (χ0v) is 10.1. The van der Waals surface area contributed by atoms with Crippen LogP contribution in [0.1, 0.15) is 32.3 Å². The van der Waals surface area contributed by atoms with Crippen molar-refractivity contribution in [3.63, 3.8) is 0 Å². The van der Waals surface area contributed by atoms with E-state index in [1.165, 1.54) is 12.1 Å². The molecule has 0 aromatic heterocycles. The van der Waals surface area contributed by atoms with Gasteiger partial charge < -0.3 is 15.3 Å². The third-order valence-corrected chi connectivity index (χ3v) is 3.19. The highest BCUT2D eigenvalue weighted by molar-refractivity contribution is 5.72. The smallest absolute Gasteiger partial charge is 0.309 e. The van der Waals surface area contributed by atoms with Gasteiger partial charge in [0.1, 0.15) is 11.4 Å². The summed E-state index contributed by atoms with van der Waals surface area (Å²) in [5.74, 6) is -1.77. The summed E-state index contributed by atoms with van der Waals surface area (Å²) in [7, 11) is 0. The molecule has 0 heterocycles. The van der Waals surface area contributed by atoms with Gasteiger partial charge in [-0.25, -0.2) is 0 Å². The van der Waals surface area contributed by atoms with Gasteiger partial charge in [0.2, 0.25) is 0 Å². The Balaban J connectivity index is 3.18. The van der Waals surface area contributed by atoms with Gasteiger partial charge in [-0.3, -0.25) is 4.79 Å². The minimum absolute atomic E-state index is 0.0931. The summed E-state index contributed by atoms with van der Waals surface area (Å²) in [6, 6.07) is 6.02. The van der Waals surface area contributed by atoms with Gasteiger partial charge in [-0.2, -0.15) is 0 Å². The normalized spacial score (nSPS) is 16.2. The predicted octanol–water partition coefficient (Wildman–Crippen LogP) is 2.10. The molecule has 0 aliphatic rings. The highest BCUT2D eigenvalue weighted by atomic mass is 16.4. The summed E-state index contributed by atoms with van der Waals surface area (Å²) >= 11 is 0. The summed E-state index contributed by atoms with van der Waals surface area (Å²) in [6.07, 6.45) is 0.656. The van der Waals surface area contributed by atoms with Crippen molar-refractivity contribution >= 4 is 5.97 Å². The second kappa shape index (κ2) is 5.19. The molecule has 94 valence electrons. The zero-order valence-electron chi connectivity index (χ0n) is 10.1. The lowest BCUT2D eigenvalue weighted by Gasteiger charge is -2.32. The van der Waals surface area contributed by atoms with Gasteiger partial charge in [0.15, 0.2) is 0 Å². The maximum Gasteiger partial charge on any atom is 0.309 e. The third kappa shape index (κ3) is 2.58. The average molecular weight is 238 g/mol. The molecule has 0 saturated carbocycles. The van der Waals surface area contributed by atoms with Crippen LogP contribution in [0.5, 0.6) is 5.75 Å². The number of aliphatic hydroxyl groups is 1. The maximum atomic E-state index is 11.2. The summed E-state index contributed by atoms with van der Waals surface area (Å²) in [5.41, 5.74) is -0.874. The van der Waals surface area contributed by atoms with Crippen LogP contribution in [0.3, 0.4) is 0 Å². The molecule has 1 aromatic rings. The van der Waals surface area contributed by atoms with E-state index < -0.39 is 17.5 Å². The molecule has 4 nitrogen and oxygen atoms in total. The van der Waals surface area contributed by atoms with Gasteiger partial charge in [-0.05, 0) is 30.5 Å². The molecule has 0 bridgehead atoms. The van der Waals surface area contributed by atoms with Crippen LogP contribution in [0.25, 0.3) is 0 Å². The number of aromatic hydroxyl groups is 1. The fourth-order valence-electron chi connectivity index (χ4n) is 2.12. The molecule has 0 amide bonds. The van der Waals surface area contributed by atoms with Gasteiger partial charge in [0.25, 0.3) is 0 Å². The SMILES string of the molecule is CCC(C(=O)O)C(O)(CC)c1ccc(O)cc1. The first-order chi connectivity index (χ1) is 7.95. The molecular formula is C13H18O4. The molecule has 0 fully saturated rings. The van der Waals surface area contributed by atoms with Gasteiger partial charge in [0.05, 0.1) is 5.92 Å². The third-order valence-electron chi connectivity index (χ3n) is 3.19. The number of phenols is 1. The molecule has 1 aromatic carbocycles. The molecule has 4 heteroatoms. The topological polar surface area (TPSA) is 77.8 Å². The van der Waals surface area contributed by atoms with E-state index in [0.29, 0.717) is 18.4 Å². The van der Waals surface area contributed by atoms with Crippen molar-refractivity contribution in [2.45, 2.75) is 32.3 Å². The van der Waals surface area contributed by atoms with Crippen molar-refractivity contribution in [3.8, 4) is 5.75 Å². The molecular weight excluding hydrogens is 220 g/mol. The molecule has 2 atom stereocenters. The Kier molecular flexibility index (Phi) is 4.12. The largest absolute Gasteiger partial charge is 0.508 e. The van der Waals surface area contributed by atoms with Crippen LogP contribution in [-0.4, -0.2) is 21.3 Å². The predicted molar refractivity (Wildman–Crippen MR) is 63.7 cm³/mol. The molecule has 0 radical (unpaired) electrons. The number of hydrogen-bond acceptors (Lipinski definition) is 3. The molecule has 3 N–H and O–H groups in total.